The summed E-state index contributed by atoms with van der Waals surface area (Å²) in [5.74, 6) is 1.83. The van der Waals surface area contributed by atoms with Gasteiger partial charge in [0.2, 0.25) is 5.91 Å². The number of amides is 1. The fourth-order valence-electron chi connectivity index (χ4n) is 3.36. The van der Waals surface area contributed by atoms with Crippen molar-refractivity contribution in [1.82, 2.24) is 4.90 Å². The molecule has 0 radical (unpaired) electrons. The number of hydrogen-bond donors (Lipinski definition) is 1. The van der Waals surface area contributed by atoms with E-state index in [-0.39, 0.29) is 24.3 Å². The van der Waals surface area contributed by atoms with Gasteiger partial charge >= 0.3 is 0 Å². The molecule has 1 aliphatic heterocycles. The smallest absolute Gasteiger partial charge is 0.226 e. The van der Waals surface area contributed by atoms with Crippen LogP contribution in [-0.4, -0.2) is 42.7 Å². The maximum atomic E-state index is 12.6. The van der Waals surface area contributed by atoms with E-state index >= 15 is 0 Å². The van der Waals surface area contributed by atoms with Crippen molar-refractivity contribution >= 4 is 5.91 Å². The standard InChI is InChI=1S/C17H23NO3/c1-21-14-6-2-5-13(8-14)15-9-16(15)17(20)18-7-3-4-12(10-18)11-19/h2,5-6,8,12,15-16,19H,3-4,7,9-11H2,1H3. The molecule has 0 aromatic heterocycles. The number of benzene rings is 1. The molecule has 1 saturated carbocycles. The molecule has 4 heteroatoms. The number of hydrogen-bond acceptors (Lipinski definition) is 3. The quantitative estimate of drug-likeness (QED) is 0.922. The highest BCUT2D eigenvalue weighted by Gasteiger charge is 2.46. The lowest BCUT2D eigenvalue weighted by Gasteiger charge is -2.32. The average Bonchev–Trinajstić information content (AvgIpc) is 3.35. The first-order valence-corrected chi connectivity index (χ1v) is 7.76. The summed E-state index contributed by atoms with van der Waals surface area (Å²) in [6.07, 6.45) is 2.98. The fraction of sp³-hybridized carbons (Fsp3) is 0.588. The van der Waals surface area contributed by atoms with Crippen LogP contribution >= 0.6 is 0 Å². The van der Waals surface area contributed by atoms with Gasteiger partial charge in [0.15, 0.2) is 0 Å². The molecule has 2 fully saturated rings. The van der Waals surface area contributed by atoms with Crippen molar-refractivity contribution in [2.24, 2.45) is 11.8 Å². The summed E-state index contributed by atoms with van der Waals surface area (Å²) >= 11 is 0. The van der Waals surface area contributed by atoms with Gasteiger partial charge in [0.05, 0.1) is 7.11 Å². The molecule has 1 aromatic rings. The number of likely N-dealkylation sites (tertiary alicyclic amines) is 1. The Hall–Kier alpha value is -1.55. The Morgan fingerprint density at radius 3 is 3.10 bits per heavy atom. The van der Waals surface area contributed by atoms with Gasteiger partial charge in [-0.15, -0.1) is 0 Å². The van der Waals surface area contributed by atoms with Crippen LogP contribution in [0.4, 0.5) is 0 Å². The minimum atomic E-state index is 0.120. The number of methoxy groups -OCH3 is 1. The van der Waals surface area contributed by atoms with E-state index in [9.17, 15) is 9.90 Å². The molecule has 0 spiro atoms. The maximum absolute atomic E-state index is 12.6. The van der Waals surface area contributed by atoms with Gasteiger partial charge in [0, 0.05) is 25.6 Å². The molecule has 1 amide bonds. The molecule has 3 unspecified atom stereocenters. The zero-order valence-corrected chi connectivity index (χ0v) is 12.5. The van der Waals surface area contributed by atoms with Crippen molar-refractivity contribution < 1.29 is 14.6 Å². The number of carbonyl (C=O) groups excluding carboxylic acids is 1. The molecule has 1 N–H and O–H groups in total. The SMILES string of the molecule is COc1cccc(C2CC2C(=O)N2CCCC(CO)C2)c1. The van der Waals surface area contributed by atoms with Crippen LogP contribution in [0.5, 0.6) is 5.75 Å². The summed E-state index contributed by atoms with van der Waals surface area (Å²) in [6.45, 7) is 1.75. The molecular weight excluding hydrogens is 266 g/mol. The largest absolute Gasteiger partial charge is 0.497 e. The minimum absolute atomic E-state index is 0.120. The fourth-order valence-corrected chi connectivity index (χ4v) is 3.36. The van der Waals surface area contributed by atoms with Crippen LogP contribution in [0.3, 0.4) is 0 Å². The number of nitrogens with zero attached hydrogens (tertiary/aromatic N) is 1. The average molecular weight is 289 g/mol. The normalized spacial score (nSPS) is 28.3. The van der Waals surface area contributed by atoms with Crippen LogP contribution in [0.1, 0.15) is 30.7 Å². The highest BCUT2D eigenvalue weighted by molar-refractivity contribution is 5.83. The van der Waals surface area contributed by atoms with Crippen LogP contribution in [0.15, 0.2) is 24.3 Å². The molecule has 114 valence electrons. The summed E-state index contributed by atoms with van der Waals surface area (Å²) in [5, 5.41) is 9.28. The second-order valence-corrected chi connectivity index (χ2v) is 6.20. The topological polar surface area (TPSA) is 49.8 Å². The van der Waals surface area contributed by atoms with E-state index in [2.05, 4.69) is 6.07 Å². The molecule has 4 nitrogen and oxygen atoms in total. The van der Waals surface area contributed by atoms with Gasteiger partial charge in [-0.1, -0.05) is 12.1 Å². The number of carbonyl (C=O) groups is 1. The van der Waals surface area contributed by atoms with E-state index < -0.39 is 0 Å². The Bertz CT molecular complexity index is 517. The van der Waals surface area contributed by atoms with Crippen LogP contribution in [0.25, 0.3) is 0 Å². The van der Waals surface area contributed by atoms with E-state index in [1.165, 1.54) is 5.56 Å². The number of aliphatic hydroxyl groups excluding tert-OH is 1. The van der Waals surface area contributed by atoms with Crippen LogP contribution in [0.2, 0.25) is 0 Å². The highest BCUT2D eigenvalue weighted by atomic mass is 16.5. The monoisotopic (exact) mass is 289 g/mol. The lowest BCUT2D eigenvalue weighted by atomic mass is 9.98. The van der Waals surface area contributed by atoms with Crippen LogP contribution in [0, 0.1) is 11.8 Å². The third kappa shape index (κ3) is 3.05. The van der Waals surface area contributed by atoms with Crippen molar-refractivity contribution in [3.8, 4) is 5.75 Å². The number of aliphatic hydroxyl groups is 1. The Balaban J connectivity index is 1.62. The Morgan fingerprint density at radius 2 is 2.33 bits per heavy atom. The summed E-state index contributed by atoms with van der Waals surface area (Å²) in [4.78, 5) is 14.5. The number of ether oxygens (including phenoxy) is 1. The van der Waals surface area contributed by atoms with Gasteiger partial charge in [0.1, 0.15) is 5.75 Å². The Kier molecular flexibility index (Phi) is 4.15. The molecule has 3 rings (SSSR count). The molecule has 1 aliphatic carbocycles. The lowest BCUT2D eigenvalue weighted by Crippen LogP contribution is -2.41. The summed E-state index contributed by atoms with van der Waals surface area (Å²) in [5.41, 5.74) is 1.20. The zero-order chi connectivity index (χ0) is 14.8. The highest BCUT2D eigenvalue weighted by Crippen LogP contribution is 2.49. The Morgan fingerprint density at radius 1 is 1.48 bits per heavy atom. The lowest BCUT2D eigenvalue weighted by molar-refractivity contribution is -0.134. The predicted octanol–water partition coefficient (Wildman–Crippen LogP) is 2.03. The first-order valence-electron chi connectivity index (χ1n) is 7.76. The maximum Gasteiger partial charge on any atom is 0.226 e. The van der Waals surface area contributed by atoms with E-state index in [4.69, 9.17) is 4.74 Å². The van der Waals surface area contributed by atoms with Crippen molar-refractivity contribution in [3.05, 3.63) is 29.8 Å². The third-order valence-electron chi connectivity index (χ3n) is 4.72. The number of rotatable bonds is 4. The molecular formula is C17H23NO3. The molecule has 1 heterocycles. The molecule has 0 bridgehead atoms. The molecule has 1 saturated heterocycles. The third-order valence-corrected chi connectivity index (χ3v) is 4.72. The van der Waals surface area contributed by atoms with Crippen LogP contribution in [-0.2, 0) is 4.79 Å². The van der Waals surface area contributed by atoms with Gasteiger partial charge in [-0.25, -0.2) is 0 Å². The van der Waals surface area contributed by atoms with E-state index in [1.54, 1.807) is 7.11 Å². The molecule has 21 heavy (non-hydrogen) atoms. The predicted molar refractivity (Wildman–Crippen MR) is 80.2 cm³/mol. The molecule has 1 aromatic carbocycles. The number of piperidine rings is 1. The molecule has 3 atom stereocenters. The summed E-state index contributed by atoms with van der Waals surface area (Å²) in [6, 6.07) is 8.02. The second-order valence-electron chi connectivity index (χ2n) is 6.20. The first kappa shape index (κ1) is 14.4. The Labute approximate surface area is 125 Å². The second kappa shape index (κ2) is 6.06. The minimum Gasteiger partial charge on any atom is -0.497 e. The van der Waals surface area contributed by atoms with Crippen molar-refractivity contribution in [2.45, 2.75) is 25.2 Å². The molecule has 2 aliphatic rings. The summed E-state index contributed by atoms with van der Waals surface area (Å²) in [7, 11) is 1.66. The van der Waals surface area contributed by atoms with Crippen molar-refractivity contribution in [2.75, 3.05) is 26.8 Å². The van der Waals surface area contributed by atoms with Gasteiger partial charge in [-0.3, -0.25) is 4.79 Å². The van der Waals surface area contributed by atoms with Gasteiger partial charge < -0.3 is 14.7 Å². The van der Waals surface area contributed by atoms with Crippen LogP contribution < -0.4 is 4.74 Å². The van der Waals surface area contributed by atoms with Gasteiger partial charge in [0.25, 0.3) is 0 Å². The van der Waals surface area contributed by atoms with E-state index in [0.717, 1.165) is 38.1 Å². The summed E-state index contributed by atoms with van der Waals surface area (Å²) < 4.78 is 5.25. The van der Waals surface area contributed by atoms with E-state index in [0.29, 0.717) is 5.92 Å². The van der Waals surface area contributed by atoms with Gasteiger partial charge in [-0.05, 0) is 48.8 Å². The zero-order valence-electron chi connectivity index (χ0n) is 12.5. The van der Waals surface area contributed by atoms with Gasteiger partial charge in [-0.2, -0.15) is 0 Å². The van der Waals surface area contributed by atoms with Crippen molar-refractivity contribution in [3.63, 3.8) is 0 Å². The van der Waals surface area contributed by atoms with Crippen molar-refractivity contribution in [1.29, 1.82) is 0 Å². The van der Waals surface area contributed by atoms with E-state index in [1.807, 2.05) is 23.1 Å². The first-order chi connectivity index (χ1) is 10.2.